The van der Waals surface area contributed by atoms with Crippen molar-refractivity contribution in [2.24, 2.45) is 0 Å². The molecule has 1 aliphatic heterocycles. The summed E-state index contributed by atoms with van der Waals surface area (Å²) in [5.74, 6) is 0. The number of fused-ring (bicyclic) bond motifs is 1. The number of aryl methyl sites for hydroxylation is 1. The molecule has 0 aromatic heterocycles. The van der Waals surface area contributed by atoms with E-state index in [4.69, 9.17) is 4.65 Å². The third-order valence-corrected chi connectivity index (χ3v) is 2.77. The first-order valence-corrected chi connectivity index (χ1v) is 5.79. The van der Waals surface area contributed by atoms with Gasteiger partial charge >= 0.3 is 6.92 Å². The molecule has 0 amide bonds. The van der Waals surface area contributed by atoms with Crippen molar-refractivity contribution in [3.63, 3.8) is 0 Å². The van der Waals surface area contributed by atoms with Crippen molar-refractivity contribution in [3.8, 4) is 0 Å². The normalized spacial score (nSPS) is 16.8. The van der Waals surface area contributed by atoms with Crippen molar-refractivity contribution in [1.29, 1.82) is 0 Å². The van der Waals surface area contributed by atoms with E-state index in [1.165, 1.54) is 16.6 Å². The summed E-state index contributed by atoms with van der Waals surface area (Å²) in [5.41, 5.74) is 3.89. The Kier molecular flexibility index (Phi) is 3.61. The van der Waals surface area contributed by atoms with Crippen LogP contribution in [0.2, 0.25) is 6.82 Å². The Bertz CT molecular complexity index is 344. The highest BCUT2D eigenvalue weighted by Gasteiger charge is 2.37. The molecule has 1 nitrogen and oxygen atoms in total. The van der Waals surface area contributed by atoms with Crippen LogP contribution in [0.5, 0.6) is 0 Å². The molecular formula is C13H21BO. The van der Waals surface area contributed by atoms with Gasteiger partial charge in [-0.2, -0.15) is 0 Å². The van der Waals surface area contributed by atoms with E-state index < -0.39 is 0 Å². The van der Waals surface area contributed by atoms with Gasteiger partial charge in [-0.05, 0) is 31.8 Å². The van der Waals surface area contributed by atoms with E-state index >= 15 is 0 Å². The minimum absolute atomic E-state index is 0.110. The molecule has 1 aliphatic rings. The lowest BCUT2D eigenvalue weighted by Gasteiger charge is -2.20. The fourth-order valence-electron chi connectivity index (χ4n) is 2.11. The minimum atomic E-state index is -0.110. The van der Waals surface area contributed by atoms with Crippen LogP contribution < -0.4 is 5.46 Å². The average Bonchev–Trinajstić information content (AvgIpc) is 2.40. The second kappa shape index (κ2) is 4.40. The molecular weight excluding hydrogens is 183 g/mol. The van der Waals surface area contributed by atoms with Crippen molar-refractivity contribution < 1.29 is 4.65 Å². The average molecular weight is 204 g/mol. The summed E-state index contributed by atoms with van der Waals surface area (Å²) in [6.07, 6.45) is 0. The van der Waals surface area contributed by atoms with E-state index in [-0.39, 0.29) is 12.5 Å². The van der Waals surface area contributed by atoms with Gasteiger partial charge in [-0.3, -0.25) is 0 Å². The van der Waals surface area contributed by atoms with Gasteiger partial charge in [0.2, 0.25) is 0 Å². The minimum Gasteiger partial charge on any atom is -0.422 e. The van der Waals surface area contributed by atoms with E-state index in [1.807, 2.05) is 13.8 Å². The van der Waals surface area contributed by atoms with Gasteiger partial charge in [0, 0.05) is 0 Å². The van der Waals surface area contributed by atoms with Gasteiger partial charge in [0.15, 0.2) is 0 Å². The zero-order valence-electron chi connectivity index (χ0n) is 10.7. The largest absolute Gasteiger partial charge is 0.422 e. The fraction of sp³-hybridized carbons (Fsp3) is 0.538. The molecule has 0 N–H and O–H groups in total. The summed E-state index contributed by atoms with van der Waals surface area (Å²) in [6.45, 7) is 12.7. The van der Waals surface area contributed by atoms with Crippen LogP contribution in [0.15, 0.2) is 18.2 Å². The summed E-state index contributed by atoms with van der Waals surface area (Å²) >= 11 is 0. The smallest absolute Gasteiger partial charge is 0.325 e. The third kappa shape index (κ3) is 2.26. The second-order valence-corrected chi connectivity index (χ2v) is 4.36. The van der Waals surface area contributed by atoms with Crippen LogP contribution in [-0.4, -0.2) is 6.92 Å². The summed E-state index contributed by atoms with van der Waals surface area (Å²) < 4.78 is 5.87. The zero-order chi connectivity index (χ0) is 11.6. The van der Waals surface area contributed by atoms with Crippen LogP contribution in [-0.2, 0) is 10.3 Å². The van der Waals surface area contributed by atoms with Crippen LogP contribution in [0.3, 0.4) is 0 Å². The van der Waals surface area contributed by atoms with Crippen LogP contribution >= 0.6 is 0 Å². The lowest BCUT2D eigenvalue weighted by atomic mass is 9.64. The molecule has 0 saturated heterocycles. The maximum Gasteiger partial charge on any atom is 0.325 e. The third-order valence-electron chi connectivity index (χ3n) is 2.77. The van der Waals surface area contributed by atoms with Gasteiger partial charge in [0.05, 0.1) is 5.60 Å². The van der Waals surface area contributed by atoms with Crippen LogP contribution in [0.25, 0.3) is 0 Å². The predicted octanol–water partition coefficient (Wildman–Crippen LogP) is 3.11. The Morgan fingerprint density at radius 3 is 2.40 bits per heavy atom. The predicted molar refractivity (Wildman–Crippen MR) is 67.9 cm³/mol. The summed E-state index contributed by atoms with van der Waals surface area (Å²) in [4.78, 5) is 0. The molecule has 2 heteroatoms. The molecule has 0 unspecified atom stereocenters. The van der Waals surface area contributed by atoms with Crippen LogP contribution in [0, 0.1) is 6.92 Å². The number of hydrogen-bond acceptors (Lipinski definition) is 1. The molecule has 1 aromatic carbocycles. The van der Waals surface area contributed by atoms with Crippen LogP contribution in [0.4, 0.5) is 0 Å². The first-order valence-electron chi connectivity index (χ1n) is 5.79. The highest BCUT2D eigenvalue weighted by atomic mass is 16.5. The molecule has 0 fully saturated rings. The van der Waals surface area contributed by atoms with Gasteiger partial charge in [0.1, 0.15) is 0 Å². The number of rotatable bonds is 0. The van der Waals surface area contributed by atoms with Crippen molar-refractivity contribution >= 4 is 12.4 Å². The molecule has 1 aromatic rings. The Hall–Kier alpha value is -0.755. The van der Waals surface area contributed by atoms with Gasteiger partial charge in [-0.1, -0.05) is 44.4 Å². The summed E-state index contributed by atoms with van der Waals surface area (Å²) in [7, 11) is 0. The van der Waals surface area contributed by atoms with Gasteiger partial charge < -0.3 is 4.65 Å². The standard InChI is InChI=1S/C11H15BO.C2H6/c1-8-5-6-10-9(7-8)11(2,3)13-12(10)4;1-2/h5-7H,1-4H3;1-2H3. The highest BCUT2D eigenvalue weighted by Crippen LogP contribution is 2.30. The van der Waals surface area contributed by atoms with Crippen molar-refractivity contribution in [2.45, 2.75) is 47.0 Å². The van der Waals surface area contributed by atoms with E-state index in [0.29, 0.717) is 0 Å². The number of hydrogen-bond donors (Lipinski definition) is 0. The maximum absolute atomic E-state index is 5.87. The zero-order valence-corrected chi connectivity index (χ0v) is 10.7. The van der Waals surface area contributed by atoms with Gasteiger partial charge in [0.25, 0.3) is 0 Å². The van der Waals surface area contributed by atoms with Crippen molar-refractivity contribution in [2.75, 3.05) is 0 Å². The van der Waals surface area contributed by atoms with E-state index in [9.17, 15) is 0 Å². The molecule has 0 radical (unpaired) electrons. The highest BCUT2D eigenvalue weighted by molar-refractivity contribution is 6.67. The molecule has 2 rings (SSSR count). The Balaban J connectivity index is 0.000000531. The Morgan fingerprint density at radius 1 is 1.20 bits per heavy atom. The molecule has 15 heavy (non-hydrogen) atoms. The lowest BCUT2D eigenvalue weighted by Crippen LogP contribution is -2.24. The Labute approximate surface area is 94.0 Å². The van der Waals surface area contributed by atoms with Crippen molar-refractivity contribution in [3.05, 3.63) is 29.3 Å². The first-order chi connectivity index (χ1) is 7.00. The number of benzene rings is 1. The monoisotopic (exact) mass is 204 g/mol. The first kappa shape index (κ1) is 12.3. The topological polar surface area (TPSA) is 9.23 Å². The molecule has 0 bridgehead atoms. The SMILES string of the molecule is CB1OC(C)(C)c2cc(C)ccc21.CC. The molecule has 0 aliphatic carbocycles. The van der Waals surface area contributed by atoms with E-state index in [0.717, 1.165) is 0 Å². The molecule has 0 saturated carbocycles. The fourth-order valence-corrected chi connectivity index (χ4v) is 2.11. The molecule has 1 heterocycles. The van der Waals surface area contributed by atoms with E-state index in [2.05, 4.69) is 45.8 Å². The van der Waals surface area contributed by atoms with Gasteiger partial charge in [-0.15, -0.1) is 0 Å². The second-order valence-electron chi connectivity index (χ2n) is 4.36. The van der Waals surface area contributed by atoms with Gasteiger partial charge in [-0.25, -0.2) is 0 Å². The van der Waals surface area contributed by atoms with Crippen LogP contribution in [0.1, 0.15) is 38.8 Å². The van der Waals surface area contributed by atoms with Crippen molar-refractivity contribution in [1.82, 2.24) is 0 Å². The summed E-state index contributed by atoms with van der Waals surface area (Å²) in [5, 5.41) is 0. The van der Waals surface area contributed by atoms with E-state index in [1.54, 1.807) is 0 Å². The maximum atomic E-state index is 5.87. The molecule has 0 atom stereocenters. The quantitative estimate of drug-likeness (QED) is 0.590. The Morgan fingerprint density at radius 2 is 1.80 bits per heavy atom. The lowest BCUT2D eigenvalue weighted by molar-refractivity contribution is 0.124. The molecule has 0 spiro atoms. The molecule has 82 valence electrons. The summed E-state index contributed by atoms with van der Waals surface area (Å²) in [6, 6.07) is 6.57.